The first kappa shape index (κ1) is 32.2. The number of fused-ring (bicyclic) bond motifs is 2. The second-order valence-electron chi connectivity index (χ2n) is 13.2. The van der Waals surface area contributed by atoms with Gasteiger partial charge in [0.25, 0.3) is 0 Å². The van der Waals surface area contributed by atoms with Crippen LogP contribution in [0.15, 0.2) is 36.8 Å². The van der Waals surface area contributed by atoms with Crippen molar-refractivity contribution in [3.8, 4) is 17.3 Å². The fraction of sp³-hybridized carbons (Fsp3) is 0.471. The number of ether oxygens (including phenoxy) is 2. The van der Waals surface area contributed by atoms with Crippen molar-refractivity contribution in [2.45, 2.75) is 58.0 Å². The molecule has 3 aromatic heterocycles. The third-order valence-electron chi connectivity index (χ3n) is 8.64. The zero-order valence-electron chi connectivity index (χ0n) is 27.2. The summed E-state index contributed by atoms with van der Waals surface area (Å²) in [5, 5.41) is 2.05. The van der Waals surface area contributed by atoms with Crippen molar-refractivity contribution in [2.75, 3.05) is 51.3 Å². The molecule has 0 bridgehead atoms. The number of aromatic nitrogens is 4. The first-order chi connectivity index (χ1) is 22.4. The summed E-state index contributed by atoms with van der Waals surface area (Å²) in [4.78, 5) is 40.1. The van der Waals surface area contributed by atoms with Crippen LogP contribution in [-0.4, -0.2) is 106 Å². The summed E-state index contributed by atoms with van der Waals surface area (Å²) < 4.78 is 42.4. The molecule has 11 nitrogen and oxygen atoms in total. The highest BCUT2D eigenvalue weighted by Crippen LogP contribution is 2.36. The molecule has 6 rings (SSSR count). The second kappa shape index (κ2) is 12.8. The van der Waals surface area contributed by atoms with Crippen molar-refractivity contribution in [3.05, 3.63) is 59.6 Å². The van der Waals surface area contributed by atoms with Gasteiger partial charge in [0.15, 0.2) is 5.82 Å². The molecule has 0 saturated carbocycles. The zero-order chi connectivity index (χ0) is 33.5. The first-order valence-electron chi connectivity index (χ1n) is 15.7. The number of aryl methyl sites for hydroxylation is 1. The number of pyridine rings is 2. The molecule has 1 aromatic carbocycles. The molecule has 2 aliphatic rings. The monoisotopic (exact) mass is 644 g/mol. The van der Waals surface area contributed by atoms with Crippen LogP contribution in [0.3, 0.4) is 0 Å². The number of anilines is 1. The first-order valence-corrected chi connectivity index (χ1v) is 15.7. The van der Waals surface area contributed by atoms with Crippen molar-refractivity contribution in [2.24, 2.45) is 0 Å². The predicted molar refractivity (Wildman–Crippen MR) is 175 cm³/mol. The van der Waals surface area contributed by atoms with Gasteiger partial charge in [0.05, 0.1) is 5.39 Å². The van der Waals surface area contributed by atoms with Crippen molar-refractivity contribution in [1.82, 2.24) is 29.7 Å². The van der Waals surface area contributed by atoms with Gasteiger partial charge in [-0.3, -0.25) is 19.8 Å². The number of likely N-dealkylation sites (tertiary alicyclic amines) is 1. The maximum Gasteiger partial charge on any atom is 0.410 e. The van der Waals surface area contributed by atoms with Gasteiger partial charge in [-0.2, -0.15) is 9.97 Å². The summed E-state index contributed by atoms with van der Waals surface area (Å²) in [6.45, 7) is 16.2. The molecule has 0 N–H and O–H groups in total. The summed E-state index contributed by atoms with van der Waals surface area (Å²) >= 11 is 0. The van der Waals surface area contributed by atoms with E-state index in [4.69, 9.17) is 21.0 Å². The molecule has 246 valence electrons. The largest absolute Gasteiger partial charge is 0.462 e. The summed E-state index contributed by atoms with van der Waals surface area (Å²) in [5.41, 5.74) is 0.902. The molecule has 5 heterocycles. The number of likely N-dealkylation sites (N-methyl/N-ethyl adjacent to an activating group) is 1. The van der Waals surface area contributed by atoms with Gasteiger partial charge in [-0.05, 0) is 52.1 Å². The third-order valence-corrected chi connectivity index (χ3v) is 8.64. The van der Waals surface area contributed by atoms with Crippen molar-refractivity contribution >= 4 is 33.6 Å². The number of carbonyl (C=O) groups excluding carboxylic acids is 1. The van der Waals surface area contributed by atoms with Gasteiger partial charge in [0.1, 0.15) is 41.4 Å². The summed E-state index contributed by atoms with van der Waals surface area (Å²) in [5.74, 6) is -0.280. The Balaban J connectivity index is 1.42. The smallest absolute Gasteiger partial charge is 0.410 e. The van der Waals surface area contributed by atoms with Crippen LogP contribution in [0, 0.1) is 19.3 Å². The molecular formula is C34H38F2N8O3. The summed E-state index contributed by atoms with van der Waals surface area (Å²) in [7, 11) is 1.83. The molecule has 2 saturated heterocycles. The van der Waals surface area contributed by atoms with Crippen LogP contribution in [0.2, 0.25) is 0 Å². The Labute approximate surface area is 272 Å². The minimum Gasteiger partial charge on any atom is -0.462 e. The van der Waals surface area contributed by atoms with Gasteiger partial charge in [0, 0.05) is 61.8 Å². The molecular weight excluding hydrogens is 606 g/mol. The quantitative estimate of drug-likeness (QED) is 0.254. The Morgan fingerprint density at radius 3 is 2.66 bits per heavy atom. The van der Waals surface area contributed by atoms with E-state index < -0.39 is 29.7 Å². The average molecular weight is 645 g/mol. The fourth-order valence-electron chi connectivity index (χ4n) is 6.36. The van der Waals surface area contributed by atoms with E-state index in [0.717, 1.165) is 16.3 Å². The number of hydrogen-bond acceptors (Lipinski definition) is 9. The van der Waals surface area contributed by atoms with Crippen LogP contribution >= 0.6 is 0 Å². The maximum atomic E-state index is 16.7. The van der Waals surface area contributed by atoms with E-state index in [1.165, 1.54) is 0 Å². The molecule has 3 atom stereocenters. The van der Waals surface area contributed by atoms with Crippen LogP contribution in [0.4, 0.5) is 19.4 Å². The molecule has 13 heteroatoms. The highest BCUT2D eigenvalue weighted by Gasteiger charge is 2.37. The van der Waals surface area contributed by atoms with Crippen LogP contribution in [0.1, 0.15) is 32.8 Å². The minimum atomic E-state index is -0.953. The Kier molecular flexibility index (Phi) is 8.80. The lowest BCUT2D eigenvalue weighted by atomic mass is 10.00. The Hall–Kier alpha value is -4.70. The average Bonchev–Trinajstić information content (AvgIpc) is 3.35. The van der Waals surface area contributed by atoms with Gasteiger partial charge < -0.3 is 19.2 Å². The normalized spacial score (nSPS) is 20.5. The number of rotatable bonds is 6. The lowest BCUT2D eigenvalue weighted by molar-refractivity contribution is 0.0155. The van der Waals surface area contributed by atoms with E-state index >= 15 is 4.39 Å². The minimum absolute atomic E-state index is 0.0139. The van der Waals surface area contributed by atoms with Crippen LogP contribution in [0.5, 0.6) is 6.01 Å². The SMILES string of the molecule is [C-]#[N+]C[C@H]1CN(c2nc(OC[C@@H]3C[C@@H](F)CN3C)nc3c(F)c(-c4cncc5cccc(C)c45)ncc23)CCN1C(=O)OC(C)(C)C. The third kappa shape index (κ3) is 6.60. The van der Waals surface area contributed by atoms with E-state index in [0.29, 0.717) is 36.3 Å². The molecule has 0 radical (unpaired) electrons. The number of piperazine rings is 1. The maximum absolute atomic E-state index is 16.7. The Bertz CT molecular complexity index is 1850. The zero-order valence-corrected chi connectivity index (χ0v) is 27.2. The van der Waals surface area contributed by atoms with Crippen molar-refractivity contribution in [1.29, 1.82) is 0 Å². The van der Waals surface area contributed by atoms with Crippen LogP contribution < -0.4 is 9.64 Å². The van der Waals surface area contributed by atoms with Crippen LogP contribution in [0.25, 0.3) is 37.8 Å². The Morgan fingerprint density at radius 2 is 1.94 bits per heavy atom. The van der Waals surface area contributed by atoms with Crippen molar-refractivity contribution < 1.29 is 23.0 Å². The summed E-state index contributed by atoms with van der Waals surface area (Å²) in [6, 6.07) is 5.06. The number of alkyl halides is 1. The molecule has 4 aromatic rings. The van der Waals surface area contributed by atoms with Gasteiger partial charge in [-0.1, -0.05) is 18.2 Å². The topological polar surface area (TPSA) is 101 Å². The highest BCUT2D eigenvalue weighted by atomic mass is 19.1. The van der Waals surface area contributed by atoms with E-state index in [-0.39, 0.29) is 49.5 Å². The number of halogens is 2. The molecule has 0 aliphatic carbocycles. The van der Waals surface area contributed by atoms with E-state index in [1.807, 2.05) is 42.0 Å². The van der Waals surface area contributed by atoms with Gasteiger partial charge in [-0.15, -0.1) is 0 Å². The van der Waals surface area contributed by atoms with E-state index in [9.17, 15) is 9.18 Å². The molecule has 0 unspecified atom stereocenters. The summed E-state index contributed by atoms with van der Waals surface area (Å²) in [6.07, 6.45) is 3.75. The van der Waals surface area contributed by atoms with Crippen LogP contribution in [-0.2, 0) is 4.74 Å². The number of nitrogens with zero attached hydrogens (tertiary/aromatic N) is 8. The lowest BCUT2D eigenvalue weighted by Crippen LogP contribution is -2.57. The van der Waals surface area contributed by atoms with Gasteiger partial charge in [-0.25, -0.2) is 20.1 Å². The molecule has 1 amide bonds. The van der Waals surface area contributed by atoms with Crippen molar-refractivity contribution in [3.63, 3.8) is 0 Å². The fourth-order valence-corrected chi connectivity index (χ4v) is 6.36. The molecule has 2 fully saturated rings. The van der Waals surface area contributed by atoms with E-state index in [1.54, 1.807) is 44.3 Å². The Morgan fingerprint density at radius 1 is 1.13 bits per heavy atom. The number of amides is 1. The van der Waals surface area contributed by atoms with E-state index in [2.05, 4.69) is 19.8 Å². The van der Waals surface area contributed by atoms with Gasteiger partial charge >= 0.3 is 12.1 Å². The molecule has 2 aliphatic heterocycles. The highest BCUT2D eigenvalue weighted by molar-refractivity contribution is 6.00. The van der Waals surface area contributed by atoms with Gasteiger partial charge in [0.2, 0.25) is 6.54 Å². The standard InChI is InChI=1S/C34H38F2N8O3/c1-20-8-7-9-21-13-38-15-25(27(20)21)29-28(36)30-26(16-39-29)31(41-32(40-30)46-19-23-12-22(35)17-42(23)6)43-10-11-44(24(18-43)14-37-5)33(45)47-34(2,3)4/h7-9,13,15-16,22-24H,10-12,14,17-19H2,1-4,6H3/t22-,23+,24+/m1/s1. The number of hydrogen-bond donors (Lipinski definition) is 0. The number of benzene rings is 1. The molecule has 0 spiro atoms. The number of carbonyl (C=O) groups is 1. The second-order valence-corrected chi connectivity index (χ2v) is 13.2. The predicted octanol–water partition coefficient (Wildman–Crippen LogP) is 5.45. The molecule has 47 heavy (non-hydrogen) atoms. The lowest BCUT2D eigenvalue weighted by Gasteiger charge is -2.40.